The maximum atomic E-state index is 6.37. The van der Waals surface area contributed by atoms with E-state index in [4.69, 9.17) is 8.83 Å². The van der Waals surface area contributed by atoms with Crippen molar-refractivity contribution in [2.24, 2.45) is 0 Å². The van der Waals surface area contributed by atoms with E-state index in [-0.39, 0.29) is 0 Å². The molecular weight excluding hydrogens is 623 g/mol. The van der Waals surface area contributed by atoms with Crippen molar-refractivity contribution < 1.29 is 8.83 Å². The zero-order chi connectivity index (χ0) is 35.8. The molecule has 1 aliphatic rings. The van der Waals surface area contributed by atoms with Crippen molar-refractivity contribution in [2.45, 2.75) is 20.8 Å². The Morgan fingerprint density at radius 2 is 1.41 bits per heavy atom. The van der Waals surface area contributed by atoms with Gasteiger partial charge in [-0.05, 0) is 73.9 Å². The standard InChI is InChI=1S/C31H22O2.C17H23N/c1-21-10-4-2-7-15-28-24(14-9-8-11-21)25-17-18-26-27-20-23(22-12-5-3-6-13-22)16-19-29(27)33-31(26)30(25)32-28;1-5-8-9-10-11-12-15-17(18-4)16(13-6-2)14-7-3/h2-20H,1H3;5-15,18H,2H2,1,3-4H3/b4-2?,7-2+,9-8+,10-4-,11-8?,14-9?,15-7?,21-10?,21-11-,24-14-,28-15+;8-5+,10-9-,12-11-,14-7-,16-13+,17-15-. The first kappa shape index (κ1) is 36.0. The predicted octanol–water partition coefficient (Wildman–Crippen LogP) is 11.7. The third kappa shape index (κ3) is 9.23. The fourth-order valence-electron chi connectivity index (χ4n) is 5.68. The van der Waals surface area contributed by atoms with Gasteiger partial charge in [0.25, 0.3) is 0 Å². The van der Waals surface area contributed by atoms with Crippen molar-refractivity contribution in [1.82, 2.24) is 5.32 Å². The second-order valence-corrected chi connectivity index (χ2v) is 11.7. The molecule has 0 saturated carbocycles. The largest absolute Gasteiger partial charge is 0.452 e. The van der Waals surface area contributed by atoms with Gasteiger partial charge in [-0.3, -0.25) is 0 Å². The van der Waals surface area contributed by atoms with E-state index in [0.717, 1.165) is 54.8 Å². The van der Waals surface area contributed by atoms with Crippen LogP contribution in [-0.4, -0.2) is 7.05 Å². The lowest BCUT2D eigenvalue weighted by Gasteiger charge is -2.06. The van der Waals surface area contributed by atoms with Gasteiger partial charge in [0.2, 0.25) is 0 Å². The lowest BCUT2D eigenvalue weighted by atomic mass is 10.0. The van der Waals surface area contributed by atoms with Gasteiger partial charge < -0.3 is 14.2 Å². The molecule has 0 amide bonds. The van der Waals surface area contributed by atoms with E-state index in [1.165, 1.54) is 16.7 Å². The Kier molecular flexibility index (Phi) is 13.0. The molecule has 2 aromatic heterocycles. The summed E-state index contributed by atoms with van der Waals surface area (Å²) < 4.78 is 12.7. The fraction of sp³-hybridized carbons (Fsp3) is 0.0833. The highest BCUT2D eigenvalue weighted by Crippen LogP contribution is 2.35. The molecular formula is C48H45NO2. The van der Waals surface area contributed by atoms with Crippen LogP contribution in [0.4, 0.5) is 0 Å². The molecule has 0 radical (unpaired) electrons. The highest BCUT2D eigenvalue weighted by Gasteiger charge is 2.15. The average molecular weight is 668 g/mol. The van der Waals surface area contributed by atoms with Gasteiger partial charge in [0.15, 0.2) is 11.2 Å². The van der Waals surface area contributed by atoms with Gasteiger partial charge in [0.1, 0.15) is 11.0 Å². The maximum absolute atomic E-state index is 6.37. The normalized spacial score (nSPS) is 18.3. The van der Waals surface area contributed by atoms with Crippen LogP contribution >= 0.6 is 0 Å². The number of hydrogen-bond donors (Lipinski definition) is 1. The smallest absolute Gasteiger partial charge is 0.178 e. The number of nitrogens with one attached hydrogen (secondary N) is 1. The van der Waals surface area contributed by atoms with Crippen molar-refractivity contribution in [3.05, 3.63) is 204 Å². The first-order chi connectivity index (χ1) is 25.1. The molecule has 1 N–H and O–H groups in total. The summed E-state index contributed by atoms with van der Waals surface area (Å²) in [7, 11) is 1.91. The summed E-state index contributed by atoms with van der Waals surface area (Å²) in [5.74, 6) is 0. The molecule has 0 fully saturated rings. The van der Waals surface area contributed by atoms with Gasteiger partial charge in [-0.1, -0.05) is 158 Å². The van der Waals surface area contributed by atoms with Gasteiger partial charge in [-0.25, -0.2) is 0 Å². The van der Waals surface area contributed by atoms with Gasteiger partial charge >= 0.3 is 0 Å². The second kappa shape index (κ2) is 18.4. The Hall–Kier alpha value is -6.32. The minimum Gasteiger partial charge on any atom is -0.452 e. The zero-order valence-corrected chi connectivity index (χ0v) is 29.8. The zero-order valence-electron chi connectivity index (χ0n) is 29.8. The molecule has 5 aromatic rings. The summed E-state index contributed by atoms with van der Waals surface area (Å²) in [5, 5.41) is 7.43. The summed E-state index contributed by atoms with van der Waals surface area (Å²) >= 11 is 0. The molecule has 2 heterocycles. The molecule has 0 aliphatic heterocycles. The molecule has 3 nitrogen and oxygen atoms in total. The molecule has 0 atom stereocenters. The number of fused-ring (bicyclic) bond motifs is 7. The van der Waals surface area contributed by atoms with Gasteiger partial charge in [-0.15, -0.1) is 0 Å². The molecule has 3 heteroatoms. The van der Waals surface area contributed by atoms with Gasteiger partial charge in [-0.2, -0.15) is 0 Å². The fourth-order valence-corrected chi connectivity index (χ4v) is 5.68. The quantitative estimate of drug-likeness (QED) is 0.167. The summed E-state index contributed by atoms with van der Waals surface area (Å²) in [4.78, 5) is 0. The SMILES string of the molecule is C=C/C=C(\C=C/C)C(=C/C=C\C=C/C=C/C)/NC.CC1=C/C=C/C=c2\c(oc3c2ccc2c4cc(-c5ccccc5)ccc4oc23)=C/C=C/C=C\1. The Morgan fingerprint density at radius 3 is 2.20 bits per heavy atom. The molecule has 0 spiro atoms. The van der Waals surface area contributed by atoms with Gasteiger partial charge in [0, 0.05) is 34.1 Å². The van der Waals surface area contributed by atoms with Crippen LogP contribution in [0.1, 0.15) is 20.8 Å². The monoisotopic (exact) mass is 667 g/mol. The minimum atomic E-state index is 0.779. The minimum absolute atomic E-state index is 0.779. The second-order valence-electron chi connectivity index (χ2n) is 11.7. The molecule has 6 rings (SSSR count). The van der Waals surface area contributed by atoms with Crippen molar-refractivity contribution in [2.75, 3.05) is 7.05 Å². The van der Waals surface area contributed by atoms with Crippen LogP contribution in [0, 0.1) is 0 Å². The first-order valence-electron chi connectivity index (χ1n) is 17.2. The molecule has 1 aliphatic carbocycles. The Bertz CT molecular complexity index is 2420. The van der Waals surface area contributed by atoms with Crippen molar-refractivity contribution in [3.63, 3.8) is 0 Å². The average Bonchev–Trinajstić information content (AvgIpc) is 3.70. The van der Waals surface area contributed by atoms with Crippen molar-refractivity contribution in [1.29, 1.82) is 0 Å². The highest BCUT2D eigenvalue weighted by molar-refractivity contribution is 6.14. The summed E-state index contributed by atoms with van der Waals surface area (Å²) in [5.41, 5.74) is 8.97. The van der Waals surface area contributed by atoms with E-state index in [1.807, 2.05) is 112 Å². The molecule has 3 aromatic carbocycles. The van der Waals surface area contributed by atoms with E-state index >= 15 is 0 Å². The summed E-state index contributed by atoms with van der Waals surface area (Å²) in [6.45, 7) is 9.81. The Labute approximate surface area is 301 Å². The van der Waals surface area contributed by atoms with Crippen LogP contribution in [0.5, 0.6) is 0 Å². The summed E-state index contributed by atoms with van der Waals surface area (Å²) in [6, 6.07) is 21.1. The Morgan fingerprint density at radius 1 is 0.667 bits per heavy atom. The first-order valence-corrected chi connectivity index (χ1v) is 17.2. The van der Waals surface area contributed by atoms with Gasteiger partial charge in [0.05, 0.1) is 0 Å². The third-order valence-electron chi connectivity index (χ3n) is 8.15. The van der Waals surface area contributed by atoms with Crippen LogP contribution in [0.3, 0.4) is 0 Å². The molecule has 0 saturated heterocycles. The predicted molar refractivity (Wildman–Crippen MR) is 222 cm³/mol. The van der Waals surface area contributed by atoms with E-state index < -0.39 is 0 Å². The van der Waals surface area contributed by atoms with Crippen LogP contribution in [-0.2, 0) is 0 Å². The molecule has 51 heavy (non-hydrogen) atoms. The lowest BCUT2D eigenvalue weighted by molar-refractivity contribution is 0.567. The van der Waals surface area contributed by atoms with E-state index in [2.05, 4.69) is 104 Å². The number of furan rings is 2. The van der Waals surface area contributed by atoms with E-state index in [1.54, 1.807) is 6.08 Å². The van der Waals surface area contributed by atoms with Crippen LogP contribution < -0.4 is 16.0 Å². The number of likely N-dealkylation sites (N-methyl/N-ethyl adjacent to an activating group) is 1. The van der Waals surface area contributed by atoms with E-state index in [0.29, 0.717) is 0 Å². The number of hydrogen-bond acceptors (Lipinski definition) is 3. The lowest BCUT2D eigenvalue weighted by Crippen LogP contribution is -2.19. The van der Waals surface area contributed by atoms with Crippen molar-refractivity contribution >= 4 is 45.1 Å². The van der Waals surface area contributed by atoms with Crippen LogP contribution in [0.25, 0.3) is 56.2 Å². The van der Waals surface area contributed by atoms with E-state index in [9.17, 15) is 0 Å². The maximum Gasteiger partial charge on any atom is 0.178 e. The topological polar surface area (TPSA) is 38.3 Å². The number of benzene rings is 3. The molecule has 254 valence electrons. The summed E-state index contributed by atoms with van der Waals surface area (Å²) in [6.07, 6.45) is 40.3. The number of allylic oxidation sites excluding steroid dienone is 19. The number of rotatable bonds is 8. The molecule has 0 bridgehead atoms. The highest BCUT2D eigenvalue weighted by atomic mass is 16.4. The third-order valence-corrected chi connectivity index (χ3v) is 8.15. The molecule has 0 unspecified atom stereocenters. The Balaban J connectivity index is 0.000000241. The van der Waals surface area contributed by atoms with Crippen LogP contribution in [0.15, 0.2) is 202 Å². The van der Waals surface area contributed by atoms with Crippen molar-refractivity contribution in [3.8, 4) is 11.1 Å². The van der Waals surface area contributed by atoms with Crippen LogP contribution in [0.2, 0.25) is 0 Å².